The number of guanidine groups is 1. The molecular weight excluding hydrogens is 503 g/mol. The fourth-order valence-electron chi connectivity index (χ4n) is 3.87. The first-order valence-electron chi connectivity index (χ1n) is 10.7. The number of halogens is 1. The molecule has 0 spiro atoms. The van der Waals surface area contributed by atoms with Crippen LogP contribution in [0.2, 0.25) is 0 Å². The molecular formula is C23H31IN6O. The van der Waals surface area contributed by atoms with Crippen molar-refractivity contribution in [1.29, 1.82) is 0 Å². The van der Waals surface area contributed by atoms with E-state index in [1.54, 1.807) is 7.11 Å². The number of benzene rings is 2. The van der Waals surface area contributed by atoms with Crippen molar-refractivity contribution in [2.75, 3.05) is 20.2 Å². The summed E-state index contributed by atoms with van der Waals surface area (Å²) in [6.45, 7) is 4.92. The van der Waals surface area contributed by atoms with Crippen LogP contribution >= 0.6 is 24.0 Å². The van der Waals surface area contributed by atoms with E-state index in [-0.39, 0.29) is 30.0 Å². The molecule has 1 aliphatic heterocycles. The Labute approximate surface area is 200 Å². The lowest BCUT2D eigenvalue weighted by atomic mass is 10.1. The standard InChI is InChI=1S/C23H30N6O.HI/c1-3-24-23(25-13-12-17-8-9-18-6-4-5-7-19(18)14-17)26-20-10-11-22-27-21(16-30-2)28-29(22)15-20;/h4-9,14,20H,3,10-13,15-16H2,1-2H3,(H2,24,25,26);1H. The number of hydrogen-bond acceptors (Lipinski definition) is 4. The second kappa shape index (κ2) is 11.4. The Hall–Kier alpha value is -2.20. The maximum atomic E-state index is 5.15. The minimum atomic E-state index is 0. The third-order valence-corrected chi connectivity index (χ3v) is 5.34. The normalized spacial score (nSPS) is 15.9. The van der Waals surface area contributed by atoms with Crippen molar-refractivity contribution in [3.8, 4) is 0 Å². The van der Waals surface area contributed by atoms with Crippen LogP contribution in [0.15, 0.2) is 47.5 Å². The number of hydrogen-bond donors (Lipinski definition) is 2. The number of nitrogens with one attached hydrogen (secondary N) is 2. The number of aryl methyl sites for hydroxylation is 1. The number of aromatic nitrogens is 3. The van der Waals surface area contributed by atoms with Gasteiger partial charge in [-0.15, -0.1) is 24.0 Å². The van der Waals surface area contributed by atoms with Crippen LogP contribution in [-0.4, -0.2) is 47.0 Å². The number of aliphatic imine (C=N–C) groups is 1. The second-order valence-electron chi connectivity index (χ2n) is 7.63. The van der Waals surface area contributed by atoms with Gasteiger partial charge in [0, 0.05) is 32.7 Å². The van der Waals surface area contributed by atoms with Crippen LogP contribution in [0.25, 0.3) is 10.8 Å². The first kappa shape index (κ1) is 23.5. The molecule has 0 aliphatic carbocycles. The Balaban J connectivity index is 0.00000272. The smallest absolute Gasteiger partial charge is 0.191 e. The Morgan fingerprint density at radius 1 is 1.23 bits per heavy atom. The van der Waals surface area contributed by atoms with Gasteiger partial charge in [0.2, 0.25) is 0 Å². The molecule has 0 radical (unpaired) electrons. The predicted molar refractivity (Wildman–Crippen MR) is 135 cm³/mol. The number of fused-ring (bicyclic) bond motifs is 2. The highest BCUT2D eigenvalue weighted by atomic mass is 127. The molecule has 4 rings (SSSR count). The van der Waals surface area contributed by atoms with Crippen LogP contribution in [0.3, 0.4) is 0 Å². The summed E-state index contributed by atoms with van der Waals surface area (Å²) in [6, 6.07) is 15.4. The zero-order chi connectivity index (χ0) is 20.8. The van der Waals surface area contributed by atoms with E-state index in [0.717, 1.165) is 56.5 Å². The van der Waals surface area contributed by atoms with Crippen LogP contribution in [-0.2, 0) is 30.7 Å². The molecule has 2 aromatic carbocycles. The maximum Gasteiger partial charge on any atom is 0.191 e. The van der Waals surface area contributed by atoms with Crippen molar-refractivity contribution < 1.29 is 4.74 Å². The number of methoxy groups -OCH3 is 1. The minimum absolute atomic E-state index is 0. The first-order chi connectivity index (χ1) is 14.7. The van der Waals surface area contributed by atoms with Gasteiger partial charge >= 0.3 is 0 Å². The van der Waals surface area contributed by atoms with Gasteiger partial charge in [0.05, 0.1) is 6.54 Å². The second-order valence-corrected chi connectivity index (χ2v) is 7.63. The van der Waals surface area contributed by atoms with Gasteiger partial charge in [-0.1, -0.05) is 42.5 Å². The van der Waals surface area contributed by atoms with Crippen LogP contribution < -0.4 is 10.6 Å². The molecule has 2 heterocycles. The zero-order valence-corrected chi connectivity index (χ0v) is 20.5. The largest absolute Gasteiger partial charge is 0.377 e. The number of nitrogens with zero attached hydrogens (tertiary/aromatic N) is 4. The molecule has 0 fully saturated rings. The summed E-state index contributed by atoms with van der Waals surface area (Å²) in [7, 11) is 1.67. The van der Waals surface area contributed by atoms with Crippen molar-refractivity contribution in [2.45, 2.75) is 45.4 Å². The third-order valence-electron chi connectivity index (χ3n) is 5.34. The van der Waals surface area contributed by atoms with Gasteiger partial charge in [0.15, 0.2) is 11.8 Å². The van der Waals surface area contributed by atoms with Crippen molar-refractivity contribution in [1.82, 2.24) is 25.4 Å². The highest BCUT2D eigenvalue weighted by Crippen LogP contribution is 2.16. The van der Waals surface area contributed by atoms with Crippen molar-refractivity contribution in [3.05, 3.63) is 59.7 Å². The van der Waals surface area contributed by atoms with E-state index in [2.05, 4.69) is 70.1 Å². The molecule has 7 nitrogen and oxygen atoms in total. The van der Waals surface area contributed by atoms with Gasteiger partial charge in [-0.3, -0.25) is 4.99 Å². The summed E-state index contributed by atoms with van der Waals surface area (Å²) in [5.74, 6) is 2.66. The quantitative estimate of drug-likeness (QED) is 0.277. The molecule has 2 N–H and O–H groups in total. The van der Waals surface area contributed by atoms with Crippen LogP contribution in [0.1, 0.15) is 30.6 Å². The van der Waals surface area contributed by atoms with Gasteiger partial charge in [-0.05, 0) is 36.1 Å². The molecule has 8 heteroatoms. The van der Waals surface area contributed by atoms with Gasteiger partial charge < -0.3 is 15.4 Å². The first-order valence-corrected chi connectivity index (χ1v) is 10.7. The zero-order valence-electron chi connectivity index (χ0n) is 18.2. The Bertz CT molecular complexity index is 1020. The van der Waals surface area contributed by atoms with E-state index < -0.39 is 0 Å². The van der Waals surface area contributed by atoms with E-state index in [1.807, 2.05) is 4.68 Å². The Morgan fingerprint density at radius 2 is 2.06 bits per heavy atom. The maximum absolute atomic E-state index is 5.15. The number of rotatable bonds is 7. The highest BCUT2D eigenvalue weighted by molar-refractivity contribution is 14.0. The molecule has 1 atom stereocenters. The predicted octanol–water partition coefficient (Wildman–Crippen LogP) is 3.31. The van der Waals surface area contributed by atoms with E-state index >= 15 is 0 Å². The van der Waals surface area contributed by atoms with Crippen LogP contribution in [0.5, 0.6) is 0 Å². The van der Waals surface area contributed by atoms with E-state index in [0.29, 0.717) is 6.61 Å². The topological polar surface area (TPSA) is 76.4 Å². The van der Waals surface area contributed by atoms with Crippen molar-refractivity contribution in [3.63, 3.8) is 0 Å². The summed E-state index contributed by atoms with van der Waals surface area (Å²) >= 11 is 0. The third kappa shape index (κ3) is 6.16. The van der Waals surface area contributed by atoms with Gasteiger partial charge in [-0.25, -0.2) is 9.67 Å². The summed E-state index contributed by atoms with van der Waals surface area (Å²) in [4.78, 5) is 9.35. The molecule has 166 valence electrons. The lowest BCUT2D eigenvalue weighted by molar-refractivity contribution is 0.177. The monoisotopic (exact) mass is 534 g/mol. The number of ether oxygens (including phenoxy) is 1. The molecule has 0 saturated carbocycles. The lowest BCUT2D eigenvalue weighted by Gasteiger charge is -2.25. The van der Waals surface area contributed by atoms with Crippen molar-refractivity contribution >= 4 is 40.7 Å². The van der Waals surface area contributed by atoms with E-state index in [1.165, 1.54) is 16.3 Å². The fraction of sp³-hybridized carbons (Fsp3) is 0.435. The van der Waals surface area contributed by atoms with Crippen LogP contribution in [0.4, 0.5) is 0 Å². The lowest BCUT2D eigenvalue weighted by Crippen LogP contribution is -2.47. The average molecular weight is 534 g/mol. The summed E-state index contributed by atoms with van der Waals surface area (Å²) < 4.78 is 7.14. The summed E-state index contributed by atoms with van der Waals surface area (Å²) in [5, 5.41) is 14.1. The van der Waals surface area contributed by atoms with Gasteiger partial charge in [-0.2, -0.15) is 5.10 Å². The average Bonchev–Trinajstić information content (AvgIpc) is 3.16. The fourth-order valence-corrected chi connectivity index (χ4v) is 3.87. The molecule has 0 bridgehead atoms. The van der Waals surface area contributed by atoms with E-state index in [9.17, 15) is 0 Å². The van der Waals surface area contributed by atoms with Crippen LogP contribution in [0, 0.1) is 0 Å². The Morgan fingerprint density at radius 3 is 2.87 bits per heavy atom. The van der Waals surface area contributed by atoms with Gasteiger partial charge in [0.1, 0.15) is 12.4 Å². The molecule has 1 aliphatic rings. The van der Waals surface area contributed by atoms with E-state index in [4.69, 9.17) is 9.73 Å². The summed E-state index contributed by atoms with van der Waals surface area (Å²) in [6.07, 6.45) is 2.84. The van der Waals surface area contributed by atoms with Gasteiger partial charge in [0.25, 0.3) is 0 Å². The molecule has 0 amide bonds. The molecule has 3 aromatic rings. The molecule has 1 unspecified atom stereocenters. The minimum Gasteiger partial charge on any atom is -0.377 e. The molecule has 1 aromatic heterocycles. The highest BCUT2D eigenvalue weighted by Gasteiger charge is 2.22. The molecule has 31 heavy (non-hydrogen) atoms. The van der Waals surface area contributed by atoms with Crippen molar-refractivity contribution in [2.24, 2.45) is 4.99 Å². The molecule has 0 saturated heterocycles. The Kier molecular flexibility index (Phi) is 8.65. The SMILES string of the molecule is CCNC(=NCCc1ccc2ccccc2c1)NC1CCc2nc(COC)nn2C1.I. The summed E-state index contributed by atoms with van der Waals surface area (Å²) in [5.41, 5.74) is 1.31.